The van der Waals surface area contributed by atoms with Gasteiger partial charge in [0.15, 0.2) is 0 Å². The smallest absolute Gasteiger partial charge is 0.119 e. The Morgan fingerprint density at radius 2 is 1.78 bits per heavy atom. The molecule has 0 aliphatic rings. The first-order chi connectivity index (χ1) is 11.0. The van der Waals surface area contributed by atoms with E-state index in [-0.39, 0.29) is 0 Å². The highest BCUT2D eigenvalue weighted by Crippen LogP contribution is 2.22. The van der Waals surface area contributed by atoms with Gasteiger partial charge in [-0.1, -0.05) is 30.2 Å². The lowest BCUT2D eigenvalue weighted by Crippen LogP contribution is -2.32. The van der Waals surface area contributed by atoms with Gasteiger partial charge in [-0.25, -0.2) is 0 Å². The van der Waals surface area contributed by atoms with Gasteiger partial charge >= 0.3 is 0 Å². The first-order valence-electron chi connectivity index (χ1n) is 8.67. The second-order valence-corrected chi connectivity index (χ2v) is 6.48. The summed E-state index contributed by atoms with van der Waals surface area (Å²) in [6.07, 6.45) is 8.10. The molecule has 0 amide bonds. The van der Waals surface area contributed by atoms with Crippen molar-refractivity contribution in [1.82, 2.24) is 0 Å². The van der Waals surface area contributed by atoms with Crippen LogP contribution in [-0.2, 0) is 0 Å². The zero-order valence-electron chi connectivity index (χ0n) is 15.7. The number of rotatable bonds is 9. The van der Waals surface area contributed by atoms with Crippen molar-refractivity contribution in [2.75, 3.05) is 18.6 Å². The Labute approximate surface area is 142 Å². The molecule has 0 bridgehead atoms. The van der Waals surface area contributed by atoms with Crippen LogP contribution in [0.2, 0.25) is 0 Å². The lowest BCUT2D eigenvalue weighted by Gasteiger charge is -2.30. The fraction of sp³-hybridized carbons (Fsp3) is 0.524. The number of anilines is 1. The summed E-state index contributed by atoms with van der Waals surface area (Å²) in [5, 5.41) is 0. The minimum absolute atomic E-state index is 0.519. The fourth-order valence-electron chi connectivity index (χ4n) is 2.48. The first kappa shape index (κ1) is 19.3. The van der Waals surface area contributed by atoms with Gasteiger partial charge in [-0.15, -0.1) is 0 Å². The van der Waals surface area contributed by atoms with Crippen LogP contribution in [0.1, 0.15) is 53.9 Å². The largest absolute Gasteiger partial charge is 0.497 e. The van der Waals surface area contributed by atoms with E-state index in [0.29, 0.717) is 6.04 Å². The summed E-state index contributed by atoms with van der Waals surface area (Å²) < 4.78 is 5.26. The molecule has 0 N–H and O–H groups in total. The summed E-state index contributed by atoms with van der Waals surface area (Å²) in [7, 11) is 1.71. The van der Waals surface area contributed by atoms with Crippen molar-refractivity contribution >= 4 is 5.69 Å². The quantitative estimate of drug-likeness (QED) is 0.519. The Kier molecular flexibility index (Phi) is 8.53. The summed E-state index contributed by atoms with van der Waals surface area (Å²) in [5.41, 5.74) is 4.12. The molecule has 0 radical (unpaired) electrons. The first-order valence-corrected chi connectivity index (χ1v) is 8.67. The maximum atomic E-state index is 5.26. The molecule has 0 aliphatic heterocycles. The topological polar surface area (TPSA) is 12.5 Å². The van der Waals surface area contributed by atoms with E-state index in [0.717, 1.165) is 31.6 Å². The van der Waals surface area contributed by atoms with E-state index in [2.05, 4.69) is 63.8 Å². The Hall–Kier alpha value is -1.70. The highest BCUT2D eigenvalue weighted by Gasteiger charge is 2.11. The van der Waals surface area contributed by atoms with Crippen molar-refractivity contribution in [2.45, 2.75) is 59.9 Å². The van der Waals surface area contributed by atoms with E-state index >= 15 is 0 Å². The Morgan fingerprint density at radius 3 is 2.30 bits per heavy atom. The van der Waals surface area contributed by atoms with Gasteiger partial charge in [0, 0.05) is 18.3 Å². The Bertz CT molecular complexity index is 509. The molecule has 0 heterocycles. The number of nitrogens with zero attached hydrogens (tertiary/aromatic N) is 1. The summed E-state index contributed by atoms with van der Waals surface area (Å²) in [6.45, 7) is 12.0. The predicted octanol–water partition coefficient (Wildman–Crippen LogP) is 5.99. The number of hydrogen-bond donors (Lipinski definition) is 0. The van der Waals surface area contributed by atoms with Gasteiger partial charge in [-0.3, -0.25) is 0 Å². The van der Waals surface area contributed by atoms with Crippen LogP contribution in [0.25, 0.3) is 0 Å². The number of ether oxygens (including phenoxy) is 1. The Morgan fingerprint density at radius 1 is 1.13 bits per heavy atom. The predicted molar refractivity (Wildman–Crippen MR) is 103 cm³/mol. The highest BCUT2D eigenvalue weighted by molar-refractivity contribution is 5.50. The van der Waals surface area contributed by atoms with Crippen LogP contribution in [0.15, 0.2) is 47.6 Å². The van der Waals surface area contributed by atoms with Crippen LogP contribution in [0, 0.1) is 0 Å². The molecule has 1 unspecified atom stereocenters. The van der Waals surface area contributed by atoms with Crippen LogP contribution in [0.5, 0.6) is 5.75 Å². The second-order valence-electron chi connectivity index (χ2n) is 6.48. The normalized spacial score (nSPS) is 12.7. The molecule has 0 saturated heterocycles. The van der Waals surface area contributed by atoms with Crippen LogP contribution in [0.3, 0.4) is 0 Å². The van der Waals surface area contributed by atoms with Crippen molar-refractivity contribution in [2.24, 2.45) is 0 Å². The molecule has 1 atom stereocenters. The second kappa shape index (κ2) is 10.1. The molecule has 2 nitrogen and oxygen atoms in total. The maximum Gasteiger partial charge on any atom is 0.119 e. The van der Waals surface area contributed by atoms with E-state index in [1.807, 2.05) is 12.1 Å². The molecular formula is C21H33NO. The van der Waals surface area contributed by atoms with E-state index in [4.69, 9.17) is 4.74 Å². The van der Waals surface area contributed by atoms with Gasteiger partial charge < -0.3 is 9.64 Å². The third-order valence-corrected chi connectivity index (χ3v) is 4.25. The van der Waals surface area contributed by atoms with Gasteiger partial charge in [0.2, 0.25) is 0 Å². The summed E-state index contributed by atoms with van der Waals surface area (Å²) in [4.78, 5) is 2.46. The van der Waals surface area contributed by atoms with E-state index in [9.17, 15) is 0 Å². The highest BCUT2D eigenvalue weighted by atomic mass is 16.5. The number of allylic oxidation sites excluding steroid dienone is 3. The van der Waals surface area contributed by atoms with Crippen LogP contribution >= 0.6 is 0 Å². The van der Waals surface area contributed by atoms with Gasteiger partial charge in [0.05, 0.1) is 7.11 Å². The number of methoxy groups -OCH3 is 1. The minimum Gasteiger partial charge on any atom is -0.497 e. The van der Waals surface area contributed by atoms with Crippen molar-refractivity contribution in [3.05, 3.63) is 47.6 Å². The van der Waals surface area contributed by atoms with Crippen LogP contribution in [-0.4, -0.2) is 19.7 Å². The third-order valence-electron chi connectivity index (χ3n) is 4.25. The molecule has 1 aromatic carbocycles. The Balaban J connectivity index is 2.76. The van der Waals surface area contributed by atoms with E-state index in [1.54, 1.807) is 7.11 Å². The average Bonchev–Trinajstić information content (AvgIpc) is 2.54. The molecule has 0 saturated carbocycles. The molecule has 2 heteroatoms. The summed E-state index contributed by atoms with van der Waals surface area (Å²) in [5.74, 6) is 0.909. The molecule has 0 aliphatic carbocycles. The summed E-state index contributed by atoms with van der Waals surface area (Å²) >= 11 is 0. The fourth-order valence-corrected chi connectivity index (χ4v) is 2.48. The average molecular weight is 316 g/mol. The van der Waals surface area contributed by atoms with Crippen molar-refractivity contribution < 1.29 is 4.74 Å². The lowest BCUT2D eigenvalue weighted by molar-refractivity contribution is 0.415. The number of hydrogen-bond acceptors (Lipinski definition) is 2. The van der Waals surface area contributed by atoms with Gasteiger partial charge in [0.25, 0.3) is 0 Å². The van der Waals surface area contributed by atoms with Gasteiger partial charge in [-0.05, 0) is 71.2 Å². The zero-order valence-corrected chi connectivity index (χ0v) is 15.7. The molecule has 0 spiro atoms. The minimum atomic E-state index is 0.519. The van der Waals surface area contributed by atoms with E-state index < -0.39 is 0 Å². The molecule has 1 aromatic rings. The molecule has 0 fully saturated rings. The van der Waals surface area contributed by atoms with E-state index in [1.165, 1.54) is 16.8 Å². The molecule has 0 aromatic heterocycles. The van der Waals surface area contributed by atoms with Crippen LogP contribution in [0.4, 0.5) is 5.69 Å². The number of benzene rings is 1. The van der Waals surface area contributed by atoms with Crippen molar-refractivity contribution in [3.8, 4) is 5.75 Å². The van der Waals surface area contributed by atoms with Gasteiger partial charge in [0.1, 0.15) is 5.75 Å². The molecule has 23 heavy (non-hydrogen) atoms. The standard InChI is InChI=1S/C21H33NO/c1-7-19(5)22(20-11-13-21(23-6)14-12-20)16-15-18(4)10-8-9-17(2)3/h9,11-15,19H,7-8,10,16H2,1-6H3/b18-15+. The summed E-state index contributed by atoms with van der Waals surface area (Å²) in [6, 6.07) is 8.89. The maximum absolute atomic E-state index is 5.26. The SMILES string of the molecule is CCC(C)N(C/C=C(\C)CCC=C(C)C)c1ccc(OC)cc1. The van der Waals surface area contributed by atoms with Crippen LogP contribution < -0.4 is 9.64 Å². The zero-order chi connectivity index (χ0) is 17.2. The third kappa shape index (κ3) is 6.94. The molecular weight excluding hydrogens is 282 g/mol. The van der Waals surface area contributed by atoms with Gasteiger partial charge in [-0.2, -0.15) is 0 Å². The molecule has 128 valence electrons. The monoisotopic (exact) mass is 315 g/mol. The lowest BCUT2D eigenvalue weighted by atomic mass is 10.1. The van der Waals surface area contributed by atoms with Crippen molar-refractivity contribution in [1.29, 1.82) is 0 Å². The van der Waals surface area contributed by atoms with Crippen molar-refractivity contribution in [3.63, 3.8) is 0 Å². The molecule has 1 rings (SSSR count).